The Bertz CT molecular complexity index is 381. The highest BCUT2D eigenvalue weighted by molar-refractivity contribution is 5.78. The number of amides is 1. The number of rotatable bonds is 5. The largest absolute Gasteiger partial charge is 0.469 e. The van der Waals surface area contributed by atoms with Crippen molar-refractivity contribution in [1.29, 1.82) is 0 Å². The molecule has 0 N–H and O–H groups in total. The number of hydrogen-bond donors (Lipinski definition) is 0. The average molecular weight is 311 g/mol. The van der Waals surface area contributed by atoms with Gasteiger partial charge in [-0.15, -0.1) is 0 Å². The first kappa shape index (κ1) is 17.2. The van der Waals surface area contributed by atoms with Gasteiger partial charge in [0, 0.05) is 45.3 Å². The van der Waals surface area contributed by atoms with Gasteiger partial charge in [-0.2, -0.15) is 0 Å². The smallest absolute Gasteiger partial charge is 0.306 e. The van der Waals surface area contributed by atoms with Crippen LogP contribution in [0.3, 0.4) is 0 Å². The van der Waals surface area contributed by atoms with Crippen molar-refractivity contribution >= 4 is 11.9 Å². The van der Waals surface area contributed by atoms with Gasteiger partial charge in [0.2, 0.25) is 5.91 Å². The molecule has 0 aromatic heterocycles. The van der Waals surface area contributed by atoms with E-state index in [9.17, 15) is 9.59 Å². The van der Waals surface area contributed by atoms with Crippen LogP contribution in [0.4, 0.5) is 0 Å². The fourth-order valence-corrected chi connectivity index (χ4v) is 3.27. The Labute approximate surface area is 133 Å². The number of piperidine rings is 1. The van der Waals surface area contributed by atoms with Gasteiger partial charge in [-0.05, 0) is 26.2 Å². The molecule has 6 heteroatoms. The van der Waals surface area contributed by atoms with Crippen LogP contribution in [0.2, 0.25) is 0 Å². The molecule has 0 radical (unpaired) electrons. The van der Waals surface area contributed by atoms with Gasteiger partial charge in [0.05, 0.1) is 20.1 Å². The number of carbonyl (C=O) groups is 2. The molecule has 2 aliphatic heterocycles. The first-order valence-corrected chi connectivity index (χ1v) is 8.41. The zero-order valence-electron chi connectivity index (χ0n) is 13.9. The Morgan fingerprint density at radius 3 is 2.36 bits per heavy atom. The minimum atomic E-state index is -0.156. The predicted octanol–water partition coefficient (Wildman–Crippen LogP) is 0.568. The second kappa shape index (κ2) is 8.48. The third-order valence-corrected chi connectivity index (χ3v) is 4.81. The maximum atomic E-state index is 12.4. The molecule has 22 heavy (non-hydrogen) atoms. The molecular formula is C16H29N3O3. The number of methoxy groups -OCH3 is 1. The van der Waals surface area contributed by atoms with E-state index in [0.717, 1.165) is 52.1 Å². The van der Waals surface area contributed by atoms with Gasteiger partial charge in [0.1, 0.15) is 0 Å². The molecule has 0 aromatic carbocycles. The maximum Gasteiger partial charge on any atom is 0.306 e. The quantitative estimate of drug-likeness (QED) is 0.695. The Balaban J connectivity index is 1.68. The lowest BCUT2D eigenvalue weighted by Crippen LogP contribution is -2.52. The summed E-state index contributed by atoms with van der Waals surface area (Å²) in [5.74, 6) is 0.118. The lowest BCUT2D eigenvalue weighted by Gasteiger charge is -2.38. The van der Waals surface area contributed by atoms with Crippen molar-refractivity contribution < 1.29 is 14.3 Å². The minimum absolute atomic E-state index is 0.156. The molecule has 2 saturated heterocycles. The van der Waals surface area contributed by atoms with Crippen LogP contribution < -0.4 is 0 Å². The van der Waals surface area contributed by atoms with Crippen LogP contribution in [-0.4, -0.2) is 85.5 Å². The number of hydrogen-bond acceptors (Lipinski definition) is 5. The summed E-state index contributed by atoms with van der Waals surface area (Å²) in [6, 6.07) is 0.391. The minimum Gasteiger partial charge on any atom is -0.469 e. The van der Waals surface area contributed by atoms with E-state index in [2.05, 4.69) is 21.5 Å². The van der Waals surface area contributed by atoms with E-state index in [-0.39, 0.29) is 11.9 Å². The third-order valence-electron chi connectivity index (χ3n) is 4.81. The molecule has 2 fully saturated rings. The van der Waals surface area contributed by atoms with E-state index in [0.29, 0.717) is 19.0 Å². The van der Waals surface area contributed by atoms with E-state index in [1.165, 1.54) is 13.5 Å². The summed E-state index contributed by atoms with van der Waals surface area (Å²) in [7, 11) is 1.42. The molecule has 0 aromatic rings. The van der Waals surface area contributed by atoms with E-state index in [1.807, 2.05) is 4.90 Å². The number of esters is 1. The van der Waals surface area contributed by atoms with Gasteiger partial charge in [-0.1, -0.05) is 0 Å². The molecule has 2 aliphatic rings. The Morgan fingerprint density at radius 1 is 1.05 bits per heavy atom. The molecule has 126 valence electrons. The fraction of sp³-hybridized carbons (Fsp3) is 0.875. The summed E-state index contributed by atoms with van der Waals surface area (Å²) >= 11 is 0. The number of likely N-dealkylation sites (tertiary alicyclic amines) is 1. The molecule has 1 unspecified atom stereocenters. The molecule has 1 amide bonds. The number of piperazine rings is 1. The molecule has 2 rings (SSSR count). The summed E-state index contributed by atoms with van der Waals surface area (Å²) in [5, 5.41) is 0. The van der Waals surface area contributed by atoms with Crippen molar-refractivity contribution in [1.82, 2.24) is 14.7 Å². The Hall–Kier alpha value is -1.14. The van der Waals surface area contributed by atoms with Crippen molar-refractivity contribution in [3.8, 4) is 0 Å². The van der Waals surface area contributed by atoms with E-state index < -0.39 is 0 Å². The highest BCUT2D eigenvalue weighted by atomic mass is 16.5. The van der Waals surface area contributed by atoms with E-state index >= 15 is 0 Å². The molecule has 0 aliphatic carbocycles. The standard InChI is InChI=1S/C16H29N3O3/c1-14-5-3-4-7-19(14)15(20)13-18-11-9-17(10-12-18)8-6-16(21)22-2/h14H,3-13H2,1-2H3. The normalized spacial score (nSPS) is 24.3. The van der Waals surface area contributed by atoms with Crippen LogP contribution in [0.5, 0.6) is 0 Å². The fourth-order valence-electron chi connectivity index (χ4n) is 3.27. The number of ether oxygens (including phenoxy) is 1. The number of carbonyl (C=O) groups excluding carboxylic acids is 2. The van der Waals surface area contributed by atoms with Gasteiger partial charge >= 0.3 is 5.97 Å². The predicted molar refractivity (Wildman–Crippen MR) is 84.5 cm³/mol. The second-order valence-corrected chi connectivity index (χ2v) is 6.38. The van der Waals surface area contributed by atoms with Gasteiger partial charge < -0.3 is 14.5 Å². The zero-order valence-corrected chi connectivity index (χ0v) is 13.9. The van der Waals surface area contributed by atoms with Crippen LogP contribution in [-0.2, 0) is 14.3 Å². The first-order chi connectivity index (χ1) is 10.6. The average Bonchev–Trinajstić information content (AvgIpc) is 2.54. The molecule has 6 nitrogen and oxygen atoms in total. The van der Waals surface area contributed by atoms with Crippen LogP contribution in [0.15, 0.2) is 0 Å². The highest BCUT2D eigenvalue weighted by Gasteiger charge is 2.26. The van der Waals surface area contributed by atoms with Gasteiger partial charge in [0.25, 0.3) is 0 Å². The van der Waals surface area contributed by atoms with Crippen molar-refractivity contribution in [2.75, 3.05) is 52.9 Å². The molecule has 2 heterocycles. The van der Waals surface area contributed by atoms with Crippen molar-refractivity contribution in [2.45, 2.75) is 38.6 Å². The molecule has 0 saturated carbocycles. The Morgan fingerprint density at radius 2 is 1.73 bits per heavy atom. The van der Waals surface area contributed by atoms with E-state index in [1.54, 1.807) is 0 Å². The van der Waals surface area contributed by atoms with Gasteiger partial charge in [0.15, 0.2) is 0 Å². The summed E-state index contributed by atoms with van der Waals surface area (Å²) in [6.07, 6.45) is 3.95. The van der Waals surface area contributed by atoms with Crippen LogP contribution in [0, 0.1) is 0 Å². The summed E-state index contributed by atoms with van der Waals surface area (Å²) in [4.78, 5) is 30.1. The summed E-state index contributed by atoms with van der Waals surface area (Å²) < 4.78 is 4.67. The summed E-state index contributed by atoms with van der Waals surface area (Å²) in [6.45, 7) is 7.98. The van der Waals surface area contributed by atoms with Crippen molar-refractivity contribution in [3.63, 3.8) is 0 Å². The van der Waals surface area contributed by atoms with Crippen LogP contribution >= 0.6 is 0 Å². The van der Waals surface area contributed by atoms with Gasteiger partial charge in [-0.3, -0.25) is 14.5 Å². The highest BCUT2D eigenvalue weighted by Crippen LogP contribution is 2.17. The third kappa shape index (κ3) is 4.95. The van der Waals surface area contributed by atoms with Crippen LogP contribution in [0.25, 0.3) is 0 Å². The monoisotopic (exact) mass is 311 g/mol. The van der Waals surface area contributed by atoms with Crippen LogP contribution in [0.1, 0.15) is 32.6 Å². The van der Waals surface area contributed by atoms with Crippen molar-refractivity contribution in [3.05, 3.63) is 0 Å². The molecule has 0 bridgehead atoms. The molecular weight excluding hydrogens is 282 g/mol. The van der Waals surface area contributed by atoms with Gasteiger partial charge in [-0.25, -0.2) is 0 Å². The van der Waals surface area contributed by atoms with E-state index in [4.69, 9.17) is 0 Å². The number of nitrogens with zero attached hydrogens (tertiary/aromatic N) is 3. The first-order valence-electron chi connectivity index (χ1n) is 8.41. The second-order valence-electron chi connectivity index (χ2n) is 6.38. The maximum absolute atomic E-state index is 12.4. The SMILES string of the molecule is COC(=O)CCN1CCN(CC(=O)N2CCCCC2C)CC1. The molecule has 0 spiro atoms. The lowest BCUT2D eigenvalue weighted by molar-refractivity contribution is -0.141. The van der Waals surface area contributed by atoms with Crippen molar-refractivity contribution in [2.24, 2.45) is 0 Å². The summed E-state index contributed by atoms with van der Waals surface area (Å²) in [5.41, 5.74) is 0. The Kier molecular flexibility index (Phi) is 6.64. The molecule has 1 atom stereocenters. The lowest BCUT2D eigenvalue weighted by atomic mass is 10.0. The topological polar surface area (TPSA) is 53.1 Å². The zero-order chi connectivity index (χ0) is 15.9.